The summed E-state index contributed by atoms with van der Waals surface area (Å²) in [5, 5.41) is 10.3. The highest BCUT2D eigenvalue weighted by atomic mass is 33.1. The van der Waals surface area contributed by atoms with Crippen LogP contribution < -0.4 is 5.73 Å². The van der Waals surface area contributed by atoms with Crippen LogP contribution in [0.25, 0.3) is 0 Å². The smallest absolute Gasteiger partial charge is 0.303 e. The van der Waals surface area contributed by atoms with Gasteiger partial charge in [0.2, 0.25) is 0 Å². The summed E-state index contributed by atoms with van der Waals surface area (Å²) >= 11 is 0. The number of rotatable bonds is 12. The lowest BCUT2D eigenvalue weighted by Gasteiger charge is -2.22. The number of nitrogens with two attached hydrogens (primary N) is 1. The number of hydrogen-bond donors (Lipinski definition) is 2. The number of carboxylic acid groups (broad SMARTS) is 1. The highest BCUT2D eigenvalue weighted by Crippen LogP contribution is 2.40. The van der Waals surface area contributed by atoms with Crippen molar-refractivity contribution < 1.29 is 9.90 Å². The molecule has 0 saturated carbocycles. The molecule has 1 fully saturated rings. The lowest BCUT2D eigenvalue weighted by atomic mass is 10.0. The zero-order valence-electron chi connectivity index (χ0n) is 15.9. The molecular weight excluding hydrogens is 350 g/mol. The SMILES string of the molecule is NCCCCCCC1CCCCCCC(CCCCCC(=O)O)SS1. The molecule has 0 amide bonds. The van der Waals surface area contributed by atoms with Gasteiger partial charge < -0.3 is 10.8 Å². The Morgan fingerprint density at radius 2 is 1.32 bits per heavy atom. The summed E-state index contributed by atoms with van der Waals surface area (Å²) in [6, 6.07) is 0. The van der Waals surface area contributed by atoms with E-state index in [1.54, 1.807) is 0 Å². The molecule has 3 nitrogen and oxygen atoms in total. The molecule has 2 atom stereocenters. The van der Waals surface area contributed by atoms with E-state index in [0.29, 0.717) is 6.42 Å². The van der Waals surface area contributed by atoms with Crippen LogP contribution in [0.4, 0.5) is 0 Å². The van der Waals surface area contributed by atoms with Crippen LogP contribution in [0.15, 0.2) is 0 Å². The normalized spacial score (nSPS) is 22.6. The Labute approximate surface area is 163 Å². The lowest BCUT2D eigenvalue weighted by Crippen LogP contribution is -2.08. The minimum atomic E-state index is -0.655. The van der Waals surface area contributed by atoms with Gasteiger partial charge in [-0.3, -0.25) is 4.79 Å². The van der Waals surface area contributed by atoms with E-state index in [9.17, 15) is 4.79 Å². The quantitative estimate of drug-likeness (QED) is 0.298. The maximum atomic E-state index is 10.6. The molecule has 1 aliphatic rings. The number of unbranched alkanes of at least 4 members (excludes halogenated alkanes) is 5. The van der Waals surface area contributed by atoms with Crippen LogP contribution in [0.3, 0.4) is 0 Å². The highest BCUT2D eigenvalue weighted by Gasteiger charge is 2.16. The van der Waals surface area contributed by atoms with Gasteiger partial charge >= 0.3 is 5.97 Å². The van der Waals surface area contributed by atoms with Crippen molar-refractivity contribution in [2.24, 2.45) is 5.73 Å². The average molecular weight is 390 g/mol. The largest absolute Gasteiger partial charge is 0.481 e. The summed E-state index contributed by atoms with van der Waals surface area (Å²) in [5.74, 6) is -0.655. The van der Waals surface area contributed by atoms with Gasteiger partial charge in [-0.05, 0) is 45.1 Å². The van der Waals surface area contributed by atoms with Gasteiger partial charge in [-0.25, -0.2) is 0 Å². The summed E-state index contributed by atoms with van der Waals surface area (Å²) in [4.78, 5) is 10.6. The van der Waals surface area contributed by atoms with E-state index in [0.717, 1.165) is 29.9 Å². The third-order valence-corrected chi connectivity index (χ3v) is 8.59. The molecule has 0 radical (unpaired) electrons. The molecule has 1 heterocycles. The van der Waals surface area contributed by atoms with E-state index in [1.165, 1.54) is 83.5 Å². The first-order valence-corrected chi connectivity index (χ1v) is 12.7. The van der Waals surface area contributed by atoms with Gasteiger partial charge in [-0.2, -0.15) is 0 Å². The molecule has 3 N–H and O–H groups in total. The van der Waals surface area contributed by atoms with Crippen LogP contribution in [0.2, 0.25) is 0 Å². The molecule has 148 valence electrons. The third kappa shape index (κ3) is 13.9. The van der Waals surface area contributed by atoms with Crippen molar-refractivity contribution in [3.05, 3.63) is 0 Å². The minimum absolute atomic E-state index is 0.332. The predicted molar refractivity (Wildman–Crippen MR) is 113 cm³/mol. The molecule has 0 aliphatic carbocycles. The van der Waals surface area contributed by atoms with Gasteiger partial charge in [0.25, 0.3) is 0 Å². The Kier molecular flexibility index (Phi) is 15.1. The van der Waals surface area contributed by atoms with Crippen LogP contribution >= 0.6 is 21.6 Å². The standard InChI is InChI=1S/C20H39NO2S2/c21-17-11-4-3-8-14-18-12-6-1-2-7-13-19(25-24-18)15-9-5-10-16-20(22)23/h18-19H,1-17,21H2,(H,22,23). The maximum absolute atomic E-state index is 10.6. The third-order valence-electron chi connectivity index (χ3n) is 5.03. The summed E-state index contributed by atoms with van der Waals surface area (Å²) < 4.78 is 0. The van der Waals surface area contributed by atoms with Gasteiger partial charge in [-0.1, -0.05) is 79.4 Å². The predicted octanol–water partition coefficient (Wildman–Crippen LogP) is 6.40. The van der Waals surface area contributed by atoms with E-state index >= 15 is 0 Å². The van der Waals surface area contributed by atoms with E-state index in [-0.39, 0.29) is 0 Å². The second kappa shape index (κ2) is 16.3. The fraction of sp³-hybridized carbons (Fsp3) is 0.950. The molecule has 0 aromatic rings. The molecule has 0 spiro atoms. The zero-order valence-corrected chi connectivity index (χ0v) is 17.6. The molecule has 0 aromatic carbocycles. The summed E-state index contributed by atoms with van der Waals surface area (Å²) in [6.45, 7) is 0.835. The van der Waals surface area contributed by atoms with Crippen molar-refractivity contribution >= 4 is 27.6 Å². The number of carboxylic acids is 1. The summed E-state index contributed by atoms with van der Waals surface area (Å²) in [7, 11) is 4.30. The van der Waals surface area contributed by atoms with Crippen molar-refractivity contribution in [3.63, 3.8) is 0 Å². The lowest BCUT2D eigenvalue weighted by molar-refractivity contribution is -0.137. The monoisotopic (exact) mass is 389 g/mol. The van der Waals surface area contributed by atoms with Crippen LogP contribution in [0, 0.1) is 0 Å². The van der Waals surface area contributed by atoms with Gasteiger partial charge in [-0.15, -0.1) is 0 Å². The maximum Gasteiger partial charge on any atom is 0.303 e. The zero-order chi connectivity index (χ0) is 18.2. The molecule has 5 heteroatoms. The minimum Gasteiger partial charge on any atom is -0.481 e. The van der Waals surface area contributed by atoms with Gasteiger partial charge in [0, 0.05) is 16.9 Å². The first kappa shape index (κ1) is 23.2. The first-order valence-electron chi connectivity index (χ1n) is 10.5. The molecule has 1 saturated heterocycles. The highest BCUT2D eigenvalue weighted by molar-refractivity contribution is 8.77. The van der Waals surface area contributed by atoms with Crippen molar-refractivity contribution in [1.82, 2.24) is 0 Å². The van der Waals surface area contributed by atoms with E-state index in [1.807, 2.05) is 0 Å². The number of carbonyl (C=O) groups is 1. The number of hydrogen-bond acceptors (Lipinski definition) is 4. The topological polar surface area (TPSA) is 63.3 Å². The molecule has 0 aromatic heterocycles. The van der Waals surface area contributed by atoms with Gasteiger partial charge in [0.15, 0.2) is 0 Å². The van der Waals surface area contributed by atoms with Crippen LogP contribution in [0.5, 0.6) is 0 Å². The van der Waals surface area contributed by atoms with Crippen molar-refractivity contribution in [2.75, 3.05) is 6.54 Å². The fourth-order valence-electron chi connectivity index (χ4n) is 3.43. The Morgan fingerprint density at radius 1 is 0.800 bits per heavy atom. The van der Waals surface area contributed by atoms with E-state index < -0.39 is 5.97 Å². The molecule has 2 unspecified atom stereocenters. The second-order valence-electron chi connectivity index (χ2n) is 7.41. The summed E-state index contributed by atoms with van der Waals surface area (Å²) in [6.07, 6.45) is 19.5. The molecular formula is C20H39NO2S2. The average Bonchev–Trinajstić information content (AvgIpc) is 2.60. The van der Waals surface area contributed by atoms with Crippen molar-refractivity contribution in [3.8, 4) is 0 Å². The Bertz CT molecular complexity index is 329. The van der Waals surface area contributed by atoms with Gasteiger partial charge in [0.1, 0.15) is 0 Å². The molecule has 1 rings (SSSR count). The molecule has 25 heavy (non-hydrogen) atoms. The van der Waals surface area contributed by atoms with E-state index in [2.05, 4.69) is 21.6 Å². The first-order chi connectivity index (χ1) is 12.2. The van der Waals surface area contributed by atoms with Crippen LogP contribution in [-0.2, 0) is 4.79 Å². The molecule has 0 bridgehead atoms. The van der Waals surface area contributed by atoms with Crippen molar-refractivity contribution in [2.45, 2.75) is 113 Å². The van der Waals surface area contributed by atoms with Crippen molar-refractivity contribution in [1.29, 1.82) is 0 Å². The Balaban J connectivity index is 2.23. The Morgan fingerprint density at radius 3 is 1.84 bits per heavy atom. The fourth-order valence-corrected chi connectivity index (χ4v) is 6.89. The second-order valence-corrected chi connectivity index (χ2v) is 10.3. The number of aliphatic carboxylic acids is 1. The van der Waals surface area contributed by atoms with Crippen LogP contribution in [0.1, 0.15) is 103 Å². The molecule has 1 aliphatic heterocycles. The van der Waals surface area contributed by atoms with Gasteiger partial charge in [0.05, 0.1) is 0 Å². The summed E-state index contributed by atoms with van der Waals surface area (Å²) in [5.41, 5.74) is 5.58. The Hall–Kier alpha value is 0.130. The van der Waals surface area contributed by atoms with E-state index in [4.69, 9.17) is 10.8 Å². The van der Waals surface area contributed by atoms with Crippen LogP contribution in [-0.4, -0.2) is 28.1 Å².